The predicted molar refractivity (Wildman–Crippen MR) is 107 cm³/mol. The Balaban J connectivity index is 1.57. The van der Waals surface area contributed by atoms with E-state index >= 15 is 0 Å². The van der Waals surface area contributed by atoms with E-state index in [2.05, 4.69) is 32.2 Å². The summed E-state index contributed by atoms with van der Waals surface area (Å²) in [7, 11) is 0. The standard InChI is InChI=1S/C17H21N7OS2/c1-4-6-23-14(20-21-17(23)26)9-13-10-27-16(18-13)19-15(25)5-7-24-12(3)8-11(2)22-24/h4,8,10H,1,5-7,9H2,2-3H3,(H,21,26)(H,18,19,25). The van der Waals surface area contributed by atoms with Gasteiger partial charge in [-0.3, -0.25) is 19.1 Å². The molecule has 0 unspecified atom stereocenters. The molecular formula is C17H21N7OS2. The highest BCUT2D eigenvalue weighted by Gasteiger charge is 2.11. The lowest BCUT2D eigenvalue weighted by Crippen LogP contribution is -2.15. The van der Waals surface area contributed by atoms with Crippen LogP contribution < -0.4 is 5.32 Å². The van der Waals surface area contributed by atoms with E-state index in [9.17, 15) is 4.79 Å². The fourth-order valence-electron chi connectivity index (χ4n) is 2.70. The summed E-state index contributed by atoms with van der Waals surface area (Å²) < 4.78 is 4.26. The van der Waals surface area contributed by atoms with Crippen LogP contribution in [0, 0.1) is 18.6 Å². The van der Waals surface area contributed by atoms with Crippen molar-refractivity contribution < 1.29 is 4.79 Å². The fraction of sp³-hybridized carbons (Fsp3) is 0.353. The monoisotopic (exact) mass is 403 g/mol. The number of aromatic nitrogens is 6. The number of rotatable bonds is 8. The van der Waals surface area contributed by atoms with Crippen molar-refractivity contribution in [2.24, 2.45) is 0 Å². The average molecular weight is 404 g/mol. The van der Waals surface area contributed by atoms with E-state index in [0.717, 1.165) is 22.9 Å². The Kier molecular flexibility index (Phi) is 5.97. The average Bonchev–Trinajstić information content (AvgIpc) is 3.29. The van der Waals surface area contributed by atoms with E-state index in [1.54, 1.807) is 6.08 Å². The first kappa shape index (κ1) is 19.2. The van der Waals surface area contributed by atoms with Gasteiger partial charge < -0.3 is 5.32 Å². The van der Waals surface area contributed by atoms with Crippen LogP contribution in [0.3, 0.4) is 0 Å². The van der Waals surface area contributed by atoms with Gasteiger partial charge in [0.2, 0.25) is 5.91 Å². The van der Waals surface area contributed by atoms with Gasteiger partial charge in [0.1, 0.15) is 5.82 Å². The number of hydrogen-bond acceptors (Lipinski definition) is 6. The summed E-state index contributed by atoms with van der Waals surface area (Å²) in [6.45, 7) is 8.78. The molecule has 0 radical (unpaired) electrons. The predicted octanol–water partition coefficient (Wildman–Crippen LogP) is 3.02. The normalized spacial score (nSPS) is 10.9. The minimum absolute atomic E-state index is 0.0854. The van der Waals surface area contributed by atoms with Crippen LogP contribution in [-0.2, 0) is 24.3 Å². The number of nitrogens with zero attached hydrogens (tertiary/aromatic N) is 5. The van der Waals surface area contributed by atoms with Crippen LogP contribution in [0.5, 0.6) is 0 Å². The quantitative estimate of drug-likeness (QED) is 0.445. The summed E-state index contributed by atoms with van der Waals surface area (Å²) in [4.78, 5) is 16.7. The summed E-state index contributed by atoms with van der Waals surface area (Å²) in [5.74, 6) is 0.699. The molecular weight excluding hydrogens is 382 g/mol. The van der Waals surface area contributed by atoms with Crippen molar-refractivity contribution in [3.8, 4) is 0 Å². The van der Waals surface area contributed by atoms with Crippen LogP contribution in [0.1, 0.15) is 29.3 Å². The van der Waals surface area contributed by atoms with Crippen molar-refractivity contribution in [2.75, 3.05) is 5.32 Å². The van der Waals surface area contributed by atoms with Gasteiger partial charge >= 0.3 is 0 Å². The third-order valence-electron chi connectivity index (χ3n) is 3.94. The zero-order valence-corrected chi connectivity index (χ0v) is 16.9. The molecule has 2 N–H and O–H groups in total. The molecule has 3 aromatic heterocycles. The molecule has 0 saturated heterocycles. The molecule has 0 aliphatic carbocycles. The first-order valence-electron chi connectivity index (χ1n) is 8.46. The zero-order valence-electron chi connectivity index (χ0n) is 15.2. The Morgan fingerprint density at radius 3 is 3.00 bits per heavy atom. The number of hydrogen-bond donors (Lipinski definition) is 2. The molecule has 8 nitrogen and oxygen atoms in total. The molecule has 3 heterocycles. The van der Waals surface area contributed by atoms with Crippen LogP contribution in [0.15, 0.2) is 24.1 Å². The highest BCUT2D eigenvalue weighted by molar-refractivity contribution is 7.71. The van der Waals surface area contributed by atoms with Crippen LogP contribution in [-0.4, -0.2) is 35.4 Å². The Bertz CT molecular complexity index is 1010. The third kappa shape index (κ3) is 4.77. The smallest absolute Gasteiger partial charge is 0.228 e. The van der Waals surface area contributed by atoms with Gasteiger partial charge in [-0.25, -0.2) is 4.98 Å². The summed E-state index contributed by atoms with van der Waals surface area (Å²) in [6, 6.07) is 1.99. The third-order valence-corrected chi connectivity index (χ3v) is 5.06. The Morgan fingerprint density at radius 1 is 1.48 bits per heavy atom. The fourth-order valence-corrected chi connectivity index (χ4v) is 3.65. The number of carbonyl (C=O) groups excluding carboxylic acids is 1. The highest BCUT2D eigenvalue weighted by Crippen LogP contribution is 2.18. The number of aromatic amines is 1. The topological polar surface area (TPSA) is 93.4 Å². The van der Waals surface area contributed by atoms with Crippen molar-refractivity contribution in [2.45, 2.75) is 39.8 Å². The van der Waals surface area contributed by atoms with Gasteiger partial charge in [0.25, 0.3) is 0 Å². The van der Waals surface area contributed by atoms with Crippen LogP contribution in [0.4, 0.5) is 5.13 Å². The van der Waals surface area contributed by atoms with Crippen molar-refractivity contribution in [3.05, 3.63) is 51.8 Å². The van der Waals surface area contributed by atoms with E-state index in [1.807, 2.05) is 34.5 Å². The number of amides is 1. The molecule has 27 heavy (non-hydrogen) atoms. The Hall–Kier alpha value is -2.59. The van der Waals surface area contributed by atoms with Gasteiger partial charge in [-0.05, 0) is 32.1 Å². The number of aryl methyl sites for hydroxylation is 3. The summed E-state index contributed by atoms with van der Waals surface area (Å²) in [6.07, 6.45) is 2.64. The first-order valence-corrected chi connectivity index (χ1v) is 9.75. The Labute approximate surface area is 166 Å². The summed E-state index contributed by atoms with van der Waals surface area (Å²) >= 11 is 6.61. The molecule has 0 saturated carbocycles. The lowest BCUT2D eigenvalue weighted by molar-refractivity contribution is -0.116. The number of carbonyl (C=O) groups is 1. The number of thiazole rings is 1. The van der Waals surface area contributed by atoms with Gasteiger partial charge in [0.05, 0.1) is 17.8 Å². The Morgan fingerprint density at radius 2 is 2.30 bits per heavy atom. The summed E-state index contributed by atoms with van der Waals surface area (Å²) in [5, 5.41) is 16.7. The van der Waals surface area contributed by atoms with Crippen LogP contribution in [0.2, 0.25) is 0 Å². The van der Waals surface area contributed by atoms with E-state index in [0.29, 0.717) is 35.8 Å². The molecule has 0 bridgehead atoms. The molecule has 0 aliphatic heterocycles. The second-order valence-corrected chi connectivity index (χ2v) is 7.36. The largest absolute Gasteiger partial charge is 0.302 e. The molecule has 1 amide bonds. The van der Waals surface area contributed by atoms with Gasteiger partial charge in [-0.2, -0.15) is 10.2 Å². The van der Waals surface area contributed by atoms with Crippen molar-refractivity contribution in [1.82, 2.24) is 29.5 Å². The molecule has 142 valence electrons. The second-order valence-electron chi connectivity index (χ2n) is 6.11. The van der Waals surface area contributed by atoms with E-state index < -0.39 is 0 Å². The summed E-state index contributed by atoms with van der Waals surface area (Å²) in [5.41, 5.74) is 2.82. The number of allylic oxidation sites excluding steroid dienone is 1. The van der Waals surface area contributed by atoms with E-state index in [4.69, 9.17) is 12.2 Å². The van der Waals surface area contributed by atoms with Crippen molar-refractivity contribution in [3.63, 3.8) is 0 Å². The maximum absolute atomic E-state index is 12.2. The highest BCUT2D eigenvalue weighted by atomic mass is 32.1. The minimum Gasteiger partial charge on any atom is -0.302 e. The molecule has 0 aliphatic rings. The van der Waals surface area contributed by atoms with Crippen LogP contribution >= 0.6 is 23.6 Å². The van der Waals surface area contributed by atoms with Gasteiger partial charge in [-0.15, -0.1) is 17.9 Å². The first-order chi connectivity index (χ1) is 13.0. The number of nitrogens with one attached hydrogen (secondary N) is 2. The SMILES string of the molecule is C=CCn1c(Cc2csc(NC(=O)CCn3nc(C)cc3C)n2)n[nH]c1=S. The molecule has 0 atom stereocenters. The molecule has 0 spiro atoms. The molecule has 0 fully saturated rings. The molecule has 3 aromatic rings. The lowest BCUT2D eigenvalue weighted by Gasteiger charge is -2.04. The number of H-pyrrole nitrogens is 1. The van der Waals surface area contributed by atoms with Gasteiger partial charge in [0.15, 0.2) is 9.90 Å². The van der Waals surface area contributed by atoms with E-state index in [-0.39, 0.29) is 5.91 Å². The van der Waals surface area contributed by atoms with Crippen molar-refractivity contribution >= 4 is 34.6 Å². The molecule has 0 aromatic carbocycles. The maximum atomic E-state index is 12.2. The van der Waals surface area contributed by atoms with Crippen molar-refractivity contribution in [1.29, 1.82) is 0 Å². The molecule has 10 heteroatoms. The van der Waals surface area contributed by atoms with Gasteiger partial charge in [0, 0.05) is 30.6 Å². The minimum atomic E-state index is -0.0854. The van der Waals surface area contributed by atoms with Crippen LogP contribution in [0.25, 0.3) is 0 Å². The number of anilines is 1. The lowest BCUT2D eigenvalue weighted by atomic mass is 10.3. The maximum Gasteiger partial charge on any atom is 0.228 e. The van der Waals surface area contributed by atoms with Gasteiger partial charge in [-0.1, -0.05) is 6.08 Å². The zero-order chi connectivity index (χ0) is 19.4. The second kappa shape index (κ2) is 8.40. The van der Waals surface area contributed by atoms with E-state index in [1.165, 1.54) is 11.3 Å². The molecule has 3 rings (SSSR count).